The molecule has 1 rings (SSSR count). The highest BCUT2D eigenvalue weighted by Crippen LogP contribution is 2.15. The van der Waals surface area contributed by atoms with Gasteiger partial charge < -0.3 is 15.8 Å². The Kier molecular flexibility index (Phi) is 3.68. The molecule has 0 radical (unpaired) electrons. The topological polar surface area (TPSA) is 81.4 Å². The first kappa shape index (κ1) is 11.0. The monoisotopic (exact) mass is 208 g/mol. The fourth-order valence-corrected chi connectivity index (χ4v) is 1.11. The summed E-state index contributed by atoms with van der Waals surface area (Å²) >= 11 is 0. The van der Waals surface area contributed by atoms with Crippen LogP contribution in [0.15, 0.2) is 24.3 Å². The van der Waals surface area contributed by atoms with Crippen LogP contribution in [0.5, 0.6) is 0 Å². The maximum absolute atomic E-state index is 11.4. The zero-order chi connectivity index (χ0) is 11.3. The maximum atomic E-state index is 11.4. The first-order valence-electron chi connectivity index (χ1n) is 4.47. The third kappa shape index (κ3) is 2.98. The van der Waals surface area contributed by atoms with E-state index in [1.54, 1.807) is 31.2 Å². The molecule has 5 heteroatoms. The van der Waals surface area contributed by atoms with Gasteiger partial charge >= 0.3 is 12.0 Å². The number of primary amides is 1. The van der Waals surface area contributed by atoms with Gasteiger partial charge in [0, 0.05) is 0 Å². The second kappa shape index (κ2) is 4.99. The van der Waals surface area contributed by atoms with Gasteiger partial charge in [-0.2, -0.15) is 0 Å². The number of nitrogens with two attached hydrogens (primary N) is 1. The molecular weight excluding hydrogens is 196 g/mol. The van der Waals surface area contributed by atoms with E-state index in [0.717, 1.165) is 0 Å². The van der Waals surface area contributed by atoms with Crippen LogP contribution in [-0.4, -0.2) is 18.6 Å². The number of amides is 2. The van der Waals surface area contributed by atoms with Gasteiger partial charge in [0.05, 0.1) is 17.9 Å². The van der Waals surface area contributed by atoms with Crippen LogP contribution in [0.1, 0.15) is 17.3 Å². The van der Waals surface area contributed by atoms with Crippen molar-refractivity contribution in [3.05, 3.63) is 29.8 Å². The molecule has 0 aliphatic rings. The summed E-state index contributed by atoms with van der Waals surface area (Å²) < 4.78 is 4.82. The summed E-state index contributed by atoms with van der Waals surface area (Å²) in [5.74, 6) is -0.484. The van der Waals surface area contributed by atoms with Gasteiger partial charge in [-0.05, 0) is 19.1 Å². The third-order valence-corrected chi connectivity index (χ3v) is 1.68. The standard InChI is InChI=1S/C10H12N2O3/c1-2-15-9(13)7-5-3-4-6-8(7)12-10(11)14/h3-6H,2H2,1H3,(H3,11,12,14). The Hall–Kier alpha value is -2.04. The number of hydrogen-bond donors (Lipinski definition) is 2. The summed E-state index contributed by atoms with van der Waals surface area (Å²) in [4.78, 5) is 22.1. The van der Waals surface area contributed by atoms with Crippen LogP contribution >= 0.6 is 0 Å². The summed E-state index contributed by atoms with van der Waals surface area (Å²) in [7, 11) is 0. The Bertz CT molecular complexity index is 377. The van der Waals surface area contributed by atoms with E-state index < -0.39 is 12.0 Å². The van der Waals surface area contributed by atoms with Crippen LogP contribution in [0.2, 0.25) is 0 Å². The molecule has 0 spiro atoms. The number of esters is 1. The molecule has 5 nitrogen and oxygen atoms in total. The van der Waals surface area contributed by atoms with Crippen LogP contribution in [0.25, 0.3) is 0 Å². The predicted molar refractivity (Wildman–Crippen MR) is 55.6 cm³/mol. The number of carbonyl (C=O) groups is 2. The average Bonchev–Trinajstić information content (AvgIpc) is 2.18. The van der Waals surface area contributed by atoms with Gasteiger partial charge in [0.15, 0.2) is 0 Å². The number of ether oxygens (including phenoxy) is 1. The normalized spacial score (nSPS) is 9.40. The van der Waals surface area contributed by atoms with Gasteiger partial charge in [-0.3, -0.25) is 0 Å². The summed E-state index contributed by atoms with van der Waals surface area (Å²) in [6.45, 7) is 1.99. The van der Waals surface area contributed by atoms with Gasteiger partial charge in [0.1, 0.15) is 0 Å². The van der Waals surface area contributed by atoms with Crippen molar-refractivity contribution in [3.8, 4) is 0 Å². The number of rotatable bonds is 3. The lowest BCUT2D eigenvalue weighted by atomic mass is 10.2. The molecule has 3 N–H and O–H groups in total. The van der Waals surface area contributed by atoms with Crippen molar-refractivity contribution in [2.75, 3.05) is 11.9 Å². The first-order chi connectivity index (χ1) is 7.15. The van der Waals surface area contributed by atoms with E-state index >= 15 is 0 Å². The van der Waals surface area contributed by atoms with E-state index in [0.29, 0.717) is 5.69 Å². The van der Waals surface area contributed by atoms with Crippen molar-refractivity contribution in [1.29, 1.82) is 0 Å². The molecule has 0 atom stereocenters. The zero-order valence-corrected chi connectivity index (χ0v) is 8.32. The van der Waals surface area contributed by atoms with Crippen LogP contribution in [0.3, 0.4) is 0 Å². The second-order valence-electron chi connectivity index (χ2n) is 2.76. The molecular formula is C10H12N2O3. The minimum absolute atomic E-state index is 0.281. The average molecular weight is 208 g/mol. The number of hydrogen-bond acceptors (Lipinski definition) is 3. The lowest BCUT2D eigenvalue weighted by Crippen LogP contribution is -2.21. The fourth-order valence-electron chi connectivity index (χ4n) is 1.11. The van der Waals surface area contributed by atoms with E-state index in [-0.39, 0.29) is 12.2 Å². The van der Waals surface area contributed by atoms with E-state index in [9.17, 15) is 9.59 Å². The van der Waals surface area contributed by atoms with Crippen molar-refractivity contribution in [2.24, 2.45) is 5.73 Å². The molecule has 0 aliphatic carbocycles. The Morgan fingerprint density at radius 2 is 2.07 bits per heavy atom. The van der Waals surface area contributed by atoms with Crippen molar-refractivity contribution < 1.29 is 14.3 Å². The Morgan fingerprint density at radius 1 is 1.40 bits per heavy atom. The highest BCUT2D eigenvalue weighted by atomic mass is 16.5. The van der Waals surface area contributed by atoms with Gasteiger partial charge in [0.25, 0.3) is 0 Å². The first-order valence-corrected chi connectivity index (χ1v) is 4.47. The molecule has 0 fully saturated rings. The Balaban J connectivity index is 2.95. The summed E-state index contributed by atoms with van der Waals surface area (Å²) in [6.07, 6.45) is 0. The largest absolute Gasteiger partial charge is 0.462 e. The Labute approximate surface area is 87.2 Å². The van der Waals surface area contributed by atoms with Crippen LogP contribution < -0.4 is 11.1 Å². The summed E-state index contributed by atoms with van der Waals surface area (Å²) in [5, 5.41) is 2.35. The SMILES string of the molecule is CCOC(=O)c1ccccc1NC(N)=O. The van der Waals surface area contributed by atoms with Gasteiger partial charge in [-0.15, -0.1) is 0 Å². The third-order valence-electron chi connectivity index (χ3n) is 1.68. The molecule has 1 aromatic carbocycles. The molecule has 0 unspecified atom stereocenters. The minimum atomic E-state index is -0.716. The molecule has 80 valence electrons. The van der Waals surface area contributed by atoms with E-state index in [1.165, 1.54) is 0 Å². The van der Waals surface area contributed by atoms with E-state index in [1.807, 2.05) is 0 Å². The van der Waals surface area contributed by atoms with Crippen LogP contribution in [0.4, 0.5) is 10.5 Å². The van der Waals surface area contributed by atoms with Crippen LogP contribution in [0, 0.1) is 0 Å². The highest BCUT2D eigenvalue weighted by Gasteiger charge is 2.12. The smallest absolute Gasteiger partial charge is 0.340 e. The quantitative estimate of drug-likeness (QED) is 0.735. The number of para-hydroxylation sites is 1. The van der Waals surface area contributed by atoms with E-state index in [4.69, 9.17) is 10.5 Å². The van der Waals surface area contributed by atoms with Gasteiger partial charge in [-0.25, -0.2) is 9.59 Å². The number of benzene rings is 1. The number of nitrogens with one attached hydrogen (secondary N) is 1. The molecule has 0 aliphatic heterocycles. The molecule has 0 saturated carbocycles. The molecule has 1 aromatic rings. The predicted octanol–water partition coefficient (Wildman–Crippen LogP) is 1.35. The molecule has 0 bridgehead atoms. The van der Waals surface area contributed by atoms with Gasteiger partial charge in [-0.1, -0.05) is 12.1 Å². The molecule has 0 saturated heterocycles. The highest BCUT2D eigenvalue weighted by molar-refractivity contribution is 6.00. The maximum Gasteiger partial charge on any atom is 0.340 e. The second-order valence-corrected chi connectivity index (χ2v) is 2.76. The minimum Gasteiger partial charge on any atom is -0.462 e. The van der Waals surface area contributed by atoms with Crippen molar-refractivity contribution in [1.82, 2.24) is 0 Å². The molecule has 0 aromatic heterocycles. The summed E-state index contributed by atoms with van der Waals surface area (Å²) in [5.41, 5.74) is 5.61. The lowest BCUT2D eigenvalue weighted by molar-refractivity contribution is 0.0527. The van der Waals surface area contributed by atoms with Crippen molar-refractivity contribution in [3.63, 3.8) is 0 Å². The van der Waals surface area contributed by atoms with Crippen molar-refractivity contribution in [2.45, 2.75) is 6.92 Å². The Morgan fingerprint density at radius 3 is 2.67 bits per heavy atom. The fraction of sp³-hybridized carbons (Fsp3) is 0.200. The van der Waals surface area contributed by atoms with Gasteiger partial charge in [0.2, 0.25) is 0 Å². The number of urea groups is 1. The molecule has 15 heavy (non-hydrogen) atoms. The number of anilines is 1. The number of carbonyl (C=O) groups excluding carboxylic acids is 2. The van der Waals surface area contributed by atoms with E-state index in [2.05, 4.69) is 5.32 Å². The summed E-state index contributed by atoms with van der Waals surface area (Å²) in [6, 6.07) is 5.79. The molecule has 2 amide bonds. The van der Waals surface area contributed by atoms with Crippen molar-refractivity contribution >= 4 is 17.7 Å². The molecule has 0 heterocycles. The lowest BCUT2D eigenvalue weighted by Gasteiger charge is -2.07. The van der Waals surface area contributed by atoms with Crippen LogP contribution in [-0.2, 0) is 4.74 Å². The zero-order valence-electron chi connectivity index (χ0n) is 8.32.